The Morgan fingerprint density at radius 3 is 2.63 bits per heavy atom. The van der Waals surface area contributed by atoms with E-state index in [2.05, 4.69) is 5.32 Å². The molecule has 1 amide bonds. The molecule has 0 aromatic heterocycles. The molecule has 0 radical (unpaired) electrons. The number of ether oxygens (including phenoxy) is 1. The molecule has 1 N–H and O–H groups in total. The summed E-state index contributed by atoms with van der Waals surface area (Å²) in [7, 11) is 0. The molecular weight excluding hydrogens is 352 g/mol. The van der Waals surface area contributed by atoms with Crippen molar-refractivity contribution < 1.29 is 24.0 Å². The molecule has 8 nitrogen and oxygen atoms in total. The van der Waals surface area contributed by atoms with Gasteiger partial charge in [-0.2, -0.15) is 0 Å². The number of anilines is 1. The largest absolute Gasteiger partial charge is 0.456 e. The van der Waals surface area contributed by atoms with Crippen LogP contribution in [0.1, 0.15) is 30.9 Å². The molecule has 2 rings (SSSR count). The molecule has 27 heavy (non-hydrogen) atoms. The molecule has 1 fully saturated rings. The molecule has 0 bridgehead atoms. The van der Waals surface area contributed by atoms with E-state index in [9.17, 15) is 24.5 Å². The van der Waals surface area contributed by atoms with E-state index >= 15 is 0 Å². The lowest BCUT2D eigenvalue weighted by molar-refractivity contribution is -0.490. The lowest BCUT2D eigenvalue weighted by Gasteiger charge is -2.17. The van der Waals surface area contributed by atoms with Crippen LogP contribution in [0.2, 0.25) is 0 Å². The van der Waals surface area contributed by atoms with E-state index in [1.165, 1.54) is 0 Å². The fraction of sp³-hybridized carbons (Fsp3) is 0.526. The summed E-state index contributed by atoms with van der Waals surface area (Å²) < 4.78 is 4.96. The summed E-state index contributed by atoms with van der Waals surface area (Å²) in [6, 6.07) is 5.44. The number of nitro groups is 1. The molecule has 146 valence electrons. The number of nitrogens with zero attached hydrogens (tertiary/aromatic N) is 1. The third-order valence-electron chi connectivity index (χ3n) is 5.09. The zero-order valence-corrected chi connectivity index (χ0v) is 15.7. The van der Waals surface area contributed by atoms with E-state index in [1.54, 1.807) is 13.0 Å². The number of nitrogens with one attached hydrogen (secondary N) is 1. The van der Waals surface area contributed by atoms with Gasteiger partial charge in [-0.15, -0.1) is 0 Å². The van der Waals surface area contributed by atoms with Gasteiger partial charge in [0.2, 0.25) is 6.54 Å². The number of esters is 1. The van der Waals surface area contributed by atoms with Gasteiger partial charge in [0, 0.05) is 28.9 Å². The van der Waals surface area contributed by atoms with Crippen LogP contribution < -0.4 is 5.32 Å². The van der Waals surface area contributed by atoms with Crippen LogP contribution in [0.25, 0.3) is 0 Å². The van der Waals surface area contributed by atoms with E-state index in [-0.39, 0.29) is 31.1 Å². The molecule has 0 saturated heterocycles. The number of carbonyl (C=O) groups excluding carboxylic acids is 3. The molecule has 0 heterocycles. The molecule has 1 saturated carbocycles. The number of hydrogen-bond acceptors (Lipinski definition) is 6. The highest BCUT2D eigenvalue weighted by molar-refractivity contribution is 5.93. The third kappa shape index (κ3) is 5.60. The molecular formula is C19H24N2O6. The van der Waals surface area contributed by atoms with Gasteiger partial charge in [0.1, 0.15) is 5.78 Å². The molecule has 0 spiro atoms. The molecule has 1 aliphatic carbocycles. The van der Waals surface area contributed by atoms with Crippen molar-refractivity contribution in [2.75, 3.05) is 18.5 Å². The highest BCUT2D eigenvalue weighted by Crippen LogP contribution is 2.36. The van der Waals surface area contributed by atoms with Crippen LogP contribution in [-0.2, 0) is 19.1 Å². The van der Waals surface area contributed by atoms with E-state index < -0.39 is 35.2 Å². The van der Waals surface area contributed by atoms with Gasteiger partial charge in [0.15, 0.2) is 6.61 Å². The number of ketones is 1. The van der Waals surface area contributed by atoms with Crippen molar-refractivity contribution in [3.05, 3.63) is 39.4 Å². The lowest BCUT2D eigenvalue weighted by Crippen LogP contribution is -2.28. The SMILES string of the molecule is Cc1ccc(NC(=O)COC(=O)C[C@H]2C(=O)C[C@@H](C)[C@@H]2C[N+](=O)[O-])cc1C. The zero-order valence-electron chi connectivity index (χ0n) is 15.7. The average Bonchev–Trinajstić information content (AvgIpc) is 2.83. The first-order valence-electron chi connectivity index (χ1n) is 8.84. The van der Waals surface area contributed by atoms with Crippen molar-refractivity contribution in [2.45, 2.75) is 33.6 Å². The topological polar surface area (TPSA) is 116 Å². The third-order valence-corrected chi connectivity index (χ3v) is 5.09. The van der Waals surface area contributed by atoms with Gasteiger partial charge in [-0.3, -0.25) is 24.5 Å². The fourth-order valence-electron chi connectivity index (χ4n) is 3.40. The number of aryl methyl sites for hydroxylation is 2. The number of hydrogen-bond donors (Lipinski definition) is 1. The van der Waals surface area contributed by atoms with Gasteiger partial charge in [-0.05, 0) is 43.0 Å². The number of amides is 1. The smallest absolute Gasteiger partial charge is 0.307 e. The number of benzene rings is 1. The van der Waals surface area contributed by atoms with Gasteiger partial charge in [-0.25, -0.2) is 0 Å². The second kappa shape index (κ2) is 8.75. The summed E-state index contributed by atoms with van der Waals surface area (Å²) in [6.45, 7) is 4.83. The van der Waals surface area contributed by atoms with Crippen molar-refractivity contribution in [1.82, 2.24) is 0 Å². The van der Waals surface area contributed by atoms with Gasteiger partial charge < -0.3 is 10.1 Å². The van der Waals surface area contributed by atoms with Crippen LogP contribution >= 0.6 is 0 Å². The lowest BCUT2D eigenvalue weighted by atomic mass is 9.88. The van der Waals surface area contributed by atoms with Crippen molar-refractivity contribution in [3.8, 4) is 0 Å². The van der Waals surface area contributed by atoms with Crippen molar-refractivity contribution >= 4 is 23.3 Å². The normalized spacial score (nSPS) is 21.7. The maximum absolute atomic E-state index is 12.0. The van der Waals surface area contributed by atoms with Crippen LogP contribution in [0, 0.1) is 41.7 Å². The van der Waals surface area contributed by atoms with Crippen molar-refractivity contribution in [3.63, 3.8) is 0 Å². The van der Waals surface area contributed by atoms with Crippen LogP contribution in [-0.4, -0.2) is 35.7 Å². The fourth-order valence-corrected chi connectivity index (χ4v) is 3.40. The van der Waals surface area contributed by atoms with Crippen LogP contribution in [0.5, 0.6) is 0 Å². The minimum absolute atomic E-state index is 0.145. The zero-order chi connectivity index (χ0) is 20.1. The summed E-state index contributed by atoms with van der Waals surface area (Å²) in [5.41, 5.74) is 2.72. The van der Waals surface area contributed by atoms with Crippen LogP contribution in [0.15, 0.2) is 18.2 Å². The summed E-state index contributed by atoms with van der Waals surface area (Å²) in [5.74, 6) is -2.70. The molecule has 8 heteroatoms. The second-order valence-electron chi connectivity index (χ2n) is 7.15. The van der Waals surface area contributed by atoms with Crippen LogP contribution in [0.4, 0.5) is 5.69 Å². The highest BCUT2D eigenvalue weighted by Gasteiger charge is 2.44. The Morgan fingerprint density at radius 2 is 2.00 bits per heavy atom. The minimum Gasteiger partial charge on any atom is -0.456 e. The predicted octanol–water partition coefficient (Wildman–Crippen LogP) is 2.29. The molecule has 1 aromatic carbocycles. The highest BCUT2D eigenvalue weighted by atomic mass is 16.6. The quantitative estimate of drug-likeness (QED) is 0.443. The molecule has 0 aliphatic heterocycles. The molecule has 0 unspecified atom stereocenters. The van der Waals surface area contributed by atoms with E-state index in [0.29, 0.717) is 5.69 Å². The standard InChI is InChI=1S/C19H24N2O6/c1-11-4-5-14(6-12(11)2)20-18(23)10-27-19(24)8-15-16(9-21(25)26)13(3)7-17(15)22/h4-6,13,15-16H,7-10H2,1-3H3,(H,20,23)/t13-,15-,16+/m1/s1. The monoisotopic (exact) mass is 376 g/mol. The summed E-state index contributed by atoms with van der Waals surface area (Å²) >= 11 is 0. The average molecular weight is 376 g/mol. The van der Waals surface area contributed by atoms with E-state index in [4.69, 9.17) is 4.74 Å². The minimum atomic E-state index is -0.722. The number of Topliss-reactive ketones (excluding diaryl/α,β-unsaturated/α-hetero) is 1. The molecule has 3 atom stereocenters. The van der Waals surface area contributed by atoms with Gasteiger partial charge in [0.05, 0.1) is 6.42 Å². The van der Waals surface area contributed by atoms with Crippen molar-refractivity contribution in [2.24, 2.45) is 17.8 Å². The maximum atomic E-state index is 12.0. The molecule has 1 aromatic rings. The van der Waals surface area contributed by atoms with Gasteiger partial charge in [0.25, 0.3) is 5.91 Å². The number of rotatable bonds is 7. The Morgan fingerprint density at radius 1 is 1.30 bits per heavy atom. The first-order chi connectivity index (χ1) is 12.7. The van der Waals surface area contributed by atoms with Gasteiger partial charge >= 0.3 is 5.97 Å². The summed E-state index contributed by atoms with van der Waals surface area (Å²) in [4.78, 5) is 46.3. The summed E-state index contributed by atoms with van der Waals surface area (Å²) in [6.07, 6.45) is -0.0116. The maximum Gasteiger partial charge on any atom is 0.307 e. The Labute approximate surface area is 157 Å². The Balaban J connectivity index is 1.85. The van der Waals surface area contributed by atoms with Crippen LogP contribution in [0.3, 0.4) is 0 Å². The van der Waals surface area contributed by atoms with Gasteiger partial charge in [-0.1, -0.05) is 13.0 Å². The Bertz CT molecular complexity index is 761. The second-order valence-corrected chi connectivity index (χ2v) is 7.15. The van der Waals surface area contributed by atoms with E-state index in [0.717, 1.165) is 11.1 Å². The molecule has 1 aliphatic rings. The predicted molar refractivity (Wildman–Crippen MR) is 97.8 cm³/mol. The Hall–Kier alpha value is -2.77. The number of carbonyl (C=O) groups is 3. The first kappa shape index (κ1) is 20.5. The van der Waals surface area contributed by atoms with Crippen molar-refractivity contribution in [1.29, 1.82) is 0 Å². The first-order valence-corrected chi connectivity index (χ1v) is 8.84. The Kier molecular flexibility index (Phi) is 6.65. The summed E-state index contributed by atoms with van der Waals surface area (Å²) in [5, 5.41) is 13.4. The van der Waals surface area contributed by atoms with E-state index in [1.807, 2.05) is 26.0 Å².